The molecule has 32 heavy (non-hydrogen) atoms. The normalized spacial score (nSPS) is 14.2. The Morgan fingerprint density at radius 3 is 2.75 bits per heavy atom. The number of aryl methyl sites for hydroxylation is 1. The molecule has 0 aliphatic heterocycles. The summed E-state index contributed by atoms with van der Waals surface area (Å²) in [5.74, 6) is 1.87. The van der Waals surface area contributed by atoms with Crippen molar-refractivity contribution in [2.75, 3.05) is 7.11 Å². The van der Waals surface area contributed by atoms with Crippen LogP contribution in [0.2, 0.25) is 0 Å². The lowest BCUT2D eigenvalue weighted by atomic mass is 10.1. The zero-order valence-electron chi connectivity index (χ0n) is 18.2. The van der Waals surface area contributed by atoms with Crippen molar-refractivity contribution in [3.05, 3.63) is 70.7 Å². The van der Waals surface area contributed by atoms with E-state index in [0.29, 0.717) is 23.0 Å². The number of nitrogens with zero attached hydrogens (tertiary/aromatic N) is 3. The molecule has 0 N–H and O–H groups in total. The highest BCUT2D eigenvalue weighted by molar-refractivity contribution is 5.73. The summed E-state index contributed by atoms with van der Waals surface area (Å²) in [5, 5.41) is 0. The van der Waals surface area contributed by atoms with E-state index in [9.17, 15) is 4.79 Å². The van der Waals surface area contributed by atoms with Crippen LogP contribution < -0.4 is 15.2 Å². The average molecular weight is 431 g/mol. The van der Waals surface area contributed by atoms with Crippen molar-refractivity contribution in [1.29, 1.82) is 0 Å². The average Bonchev–Trinajstić information content (AvgIpc) is 3.44. The van der Waals surface area contributed by atoms with Gasteiger partial charge >= 0.3 is 5.69 Å². The van der Waals surface area contributed by atoms with Crippen LogP contribution in [0.4, 0.5) is 0 Å². The summed E-state index contributed by atoms with van der Waals surface area (Å²) < 4.78 is 19.1. The molecular formula is C25H25N3O4. The van der Waals surface area contributed by atoms with Crippen LogP contribution in [0.15, 0.2) is 58.0 Å². The standard InChI is InChI=1S/C25H25N3O4/c1-16-7-9-20-22(11-16)32-24(27-20)15-28-14-18(13-26-25(28)29)17-8-10-21(30-2)23(12-17)31-19-5-3-4-6-19/h7-14,19H,3-6,15H2,1-2H3. The van der Waals surface area contributed by atoms with Crippen molar-refractivity contribution in [3.63, 3.8) is 0 Å². The van der Waals surface area contributed by atoms with E-state index < -0.39 is 0 Å². The van der Waals surface area contributed by atoms with Gasteiger partial charge < -0.3 is 13.9 Å². The minimum absolute atomic E-state index is 0.203. The highest BCUT2D eigenvalue weighted by atomic mass is 16.5. The zero-order chi connectivity index (χ0) is 22.1. The molecule has 1 saturated carbocycles. The number of hydrogen-bond donors (Lipinski definition) is 0. The van der Waals surface area contributed by atoms with Gasteiger partial charge in [0.05, 0.1) is 13.2 Å². The van der Waals surface area contributed by atoms with Crippen molar-refractivity contribution in [1.82, 2.24) is 14.5 Å². The van der Waals surface area contributed by atoms with E-state index in [1.807, 2.05) is 43.3 Å². The molecule has 5 rings (SSSR count). The summed E-state index contributed by atoms with van der Waals surface area (Å²) in [6, 6.07) is 11.6. The van der Waals surface area contributed by atoms with Crippen LogP contribution in [-0.2, 0) is 6.54 Å². The molecule has 2 heterocycles. The zero-order valence-corrected chi connectivity index (χ0v) is 18.2. The first-order valence-corrected chi connectivity index (χ1v) is 10.9. The van der Waals surface area contributed by atoms with Gasteiger partial charge in [0.25, 0.3) is 0 Å². The van der Waals surface area contributed by atoms with Crippen molar-refractivity contribution in [2.45, 2.75) is 45.3 Å². The highest BCUT2D eigenvalue weighted by Gasteiger charge is 2.19. The second-order valence-corrected chi connectivity index (χ2v) is 8.22. The van der Waals surface area contributed by atoms with E-state index in [4.69, 9.17) is 13.9 Å². The molecule has 2 aromatic heterocycles. The van der Waals surface area contributed by atoms with Gasteiger partial charge in [-0.05, 0) is 68.0 Å². The quantitative estimate of drug-likeness (QED) is 0.439. The second kappa shape index (κ2) is 8.49. The molecule has 2 aromatic carbocycles. The molecule has 0 spiro atoms. The van der Waals surface area contributed by atoms with E-state index in [2.05, 4.69) is 9.97 Å². The van der Waals surface area contributed by atoms with Crippen LogP contribution >= 0.6 is 0 Å². The molecular weight excluding hydrogens is 406 g/mol. The van der Waals surface area contributed by atoms with Crippen molar-refractivity contribution in [3.8, 4) is 22.6 Å². The molecule has 0 saturated heterocycles. The molecule has 1 aliphatic rings. The van der Waals surface area contributed by atoms with Crippen molar-refractivity contribution < 1.29 is 13.9 Å². The lowest BCUT2D eigenvalue weighted by Crippen LogP contribution is -2.22. The number of methoxy groups -OCH3 is 1. The largest absolute Gasteiger partial charge is 0.493 e. The third kappa shape index (κ3) is 4.10. The summed E-state index contributed by atoms with van der Waals surface area (Å²) in [5.41, 5.74) is 3.91. The van der Waals surface area contributed by atoms with Crippen molar-refractivity contribution in [2.24, 2.45) is 0 Å². The molecule has 7 heteroatoms. The van der Waals surface area contributed by atoms with E-state index in [1.165, 1.54) is 17.4 Å². The summed E-state index contributed by atoms with van der Waals surface area (Å²) >= 11 is 0. The fraction of sp³-hybridized carbons (Fsp3) is 0.320. The molecule has 4 aromatic rings. The van der Waals surface area contributed by atoms with Gasteiger partial charge in [0.15, 0.2) is 17.1 Å². The lowest BCUT2D eigenvalue weighted by Gasteiger charge is -2.17. The third-order valence-corrected chi connectivity index (χ3v) is 5.84. The van der Waals surface area contributed by atoms with Crippen LogP contribution in [-0.4, -0.2) is 27.7 Å². The highest BCUT2D eigenvalue weighted by Crippen LogP contribution is 2.35. The first-order valence-electron chi connectivity index (χ1n) is 10.9. The van der Waals surface area contributed by atoms with Crippen LogP contribution in [0, 0.1) is 6.92 Å². The summed E-state index contributed by atoms with van der Waals surface area (Å²) in [7, 11) is 1.64. The third-order valence-electron chi connectivity index (χ3n) is 5.84. The van der Waals surface area contributed by atoms with Crippen LogP contribution in [0.3, 0.4) is 0 Å². The number of aromatic nitrogens is 3. The maximum absolute atomic E-state index is 12.4. The van der Waals surface area contributed by atoms with Crippen LogP contribution in [0.25, 0.3) is 22.2 Å². The molecule has 164 valence electrons. The molecule has 1 aliphatic carbocycles. The monoisotopic (exact) mass is 431 g/mol. The van der Waals surface area contributed by atoms with Gasteiger partial charge in [-0.2, -0.15) is 0 Å². The summed E-state index contributed by atoms with van der Waals surface area (Å²) in [4.78, 5) is 21.0. The summed E-state index contributed by atoms with van der Waals surface area (Å²) in [6.07, 6.45) is 8.07. The van der Waals surface area contributed by atoms with E-state index in [-0.39, 0.29) is 18.3 Å². The minimum Gasteiger partial charge on any atom is -0.493 e. The van der Waals surface area contributed by atoms with E-state index in [0.717, 1.165) is 35.0 Å². The number of ether oxygens (including phenoxy) is 2. The maximum Gasteiger partial charge on any atom is 0.348 e. The van der Waals surface area contributed by atoms with Crippen LogP contribution in [0.5, 0.6) is 11.5 Å². The van der Waals surface area contributed by atoms with Gasteiger partial charge in [-0.3, -0.25) is 4.57 Å². The Balaban J connectivity index is 1.45. The van der Waals surface area contributed by atoms with Gasteiger partial charge in [0.2, 0.25) is 5.89 Å². The molecule has 0 amide bonds. The van der Waals surface area contributed by atoms with E-state index in [1.54, 1.807) is 19.5 Å². The molecule has 0 unspecified atom stereocenters. The molecule has 1 fully saturated rings. The maximum atomic E-state index is 12.4. The van der Waals surface area contributed by atoms with Crippen molar-refractivity contribution >= 4 is 11.1 Å². The Morgan fingerprint density at radius 1 is 1.09 bits per heavy atom. The van der Waals surface area contributed by atoms with Gasteiger partial charge in [-0.1, -0.05) is 12.1 Å². The first kappa shape index (κ1) is 20.3. The smallest absolute Gasteiger partial charge is 0.348 e. The Morgan fingerprint density at radius 2 is 1.94 bits per heavy atom. The van der Waals surface area contributed by atoms with Gasteiger partial charge in [0.1, 0.15) is 12.1 Å². The number of rotatable bonds is 6. The second-order valence-electron chi connectivity index (χ2n) is 8.22. The molecule has 0 radical (unpaired) electrons. The SMILES string of the molecule is COc1ccc(-c2cnc(=O)n(Cc3nc4ccc(C)cc4o3)c2)cc1OC1CCCC1. The molecule has 0 bridgehead atoms. The van der Waals surface area contributed by atoms with Gasteiger partial charge in [0, 0.05) is 18.0 Å². The predicted octanol–water partition coefficient (Wildman–Crippen LogP) is 4.74. The molecule has 0 atom stereocenters. The van der Waals surface area contributed by atoms with Gasteiger partial charge in [-0.15, -0.1) is 0 Å². The Hall–Kier alpha value is -3.61. The number of hydrogen-bond acceptors (Lipinski definition) is 6. The first-order chi connectivity index (χ1) is 15.6. The number of oxazole rings is 1. The van der Waals surface area contributed by atoms with E-state index >= 15 is 0 Å². The lowest BCUT2D eigenvalue weighted by molar-refractivity contribution is 0.201. The Labute approximate surface area is 185 Å². The number of fused-ring (bicyclic) bond motifs is 1. The topological polar surface area (TPSA) is 79.4 Å². The molecule has 7 nitrogen and oxygen atoms in total. The van der Waals surface area contributed by atoms with Gasteiger partial charge in [-0.25, -0.2) is 14.8 Å². The summed E-state index contributed by atoms with van der Waals surface area (Å²) in [6.45, 7) is 2.20. The minimum atomic E-state index is -0.358. The van der Waals surface area contributed by atoms with Crippen LogP contribution in [0.1, 0.15) is 37.1 Å². The fourth-order valence-corrected chi connectivity index (χ4v) is 4.14. The Bertz CT molecular complexity index is 1320. The number of benzene rings is 2. The Kier molecular flexibility index (Phi) is 5.39. The predicted molar refractivity (Wildman–Crippen MR) is 121 cm³/mol. The fourth-order valence-electron chi connectivity index (χ4n) is 4.14.